The Morgan fingerprint density at radius 3 is 1.76 bits per heavy atom. The summed E-state index contributed by atoms with van der Waals surface area (Å²) in [7, 11) is 0. The van der Waals surface area contributed by atoms with Gasteiger partial charge in [0.05, 0.1) is 23.9 Å². The molecule has 0 radical (unpaired) electrons. The maximum atomic E-state index is 9.31. The van der Waals surface area contributed by atoms with E-state index >= 15 is 0 Å². The highest BCUT2D eigenvalue weighted by Gasteiger charge is 2.52. The molecule has 9 rings (SSSR count). The molecule has 6 aromatic rings. The number of hydrogen-bond acceptors (Lipinski definition) is 3. The van der Waals surface area contributed by atoms with E-state index in [4.69, 9.17) is 8.53 Å². The second kappa shape index (κ2) is 13.0. The third-order valence-corrected chi connectivity index (χ3v) is 13.4. The number of aryl methyl sites for hydroxylation is 1. The molecule has 0 saturated heterocycles. The average molecular weight is 784 g/mol. The summed E-state index contributed by atoms with van der Waals surface area (Å²) in [5.41, 5.74) is 15.0. The summed E-state index contributed by atoms with van der Waals surface area (Å²) in [6.07, 6.45) is 2.06. The average Bonchev–Trinajstić information content (AvgIpc) is 3.63. The van der Waals surface area contributed by atoms with Crippen LogP contribution in [0.4, 0.5) is 34.1 Å². The van der Waals surface area contributed by atoms with Crippen molar-refractivity contribution < 1.29 is 11.3 Å². The Hall–Kier alpha value is -4.96. The van der Waals surface area contributed by atoms with Gasteiger partial charge < -0.3 is 14.2 Å². The van der Waals surface area contributed by atoms with Crippen LogP contribution in [0.25, 0.3) is 11.1 Å². The van der Waals surface area contributed by atoms with Crippen molar-refractivity contribution in [3.63, 3.8) is 0 Å². The number of anilines is 6. The van der Waals surface area contributed by atoms with Gasteiger partial charge in [0.25, 0.3) is 6.71 Å². The van der Waals surface area contributed by atoms with E-state index in [1.165, 1.54) is 16.7 Å². The zero-order chi connectivity index (χ0) is 46.5. The van der Waals surface area contributed by atoms with Gasteiger partial charge in [-0.1, -0.05) is 151 Å². The predicted molar refractivity (Wildman–Crippen MR) is 254 cm³/mol. The van der Waals surface area contributed by atoms with Gasteiger partial charge in [0.2, 0.25) is 0 Å². The number of nitrogens with zero attached hydrogens (tertiary/aromatic N) is 2. The second-order valence-electron chi connectivity index (χ2n) is 21.9. The first kappa shape index (κ1) is 33.8. The zero-order valence-electron chi connectivity index (χ0n) is 42.7. The number of hydrogen-bond donors (Lipinski definition) is 0. The first-order valence-electron chi connectivity index (χ1n) is 24.0. The topological polar surface area (TPSA) is 19.6 Å². The summed E-state index contributed by atoms with van der Waals surface area (Å²) in [5.74, 6) is 1.06. The maximum Gasteiger partial charge on any atom is 0.297 e. The molecule has 2 aliphatic heterocycles. The van der Waals surface area contributed by atoms with E-state index in [2.05, 4.69) is 173 Å². The fourth-order valence-electron chi connectivity index (χ4n) is 9.81. The van der Waals surface area contributed by atoms with Crippen molar-refractivity contribution in [1.82, 2.24) is 0 Å². The summed E-state index contributed by atoms with van der Waals surface area (Å²) in [4.78, 5) is 4.78. The Labute approximate surface area is 362 Å². The fraction of sp³-hybridized carbons (Fsp3) is 0.382. The molecule has 1 aromatic heterocycles. The highest BCUT2D eigenvalue weighted by atomic mass is 16.3. The van der Waals surface area contributed by atoms with Crippen LogP contribution >= 0.6 is 0 Å². The number of fused-ring (bicyclic) bond motifs is 6. The second-order valence-corrected chi connectivity index (χ2v) is 21.9. The number of rotatable bonds is 3. The van der Waals surface area contributed by atoms with E-state index in [9.17, 15) is 2.74 Å². The molecule has 3 aliphatic rings. The minimum atomic E-state index is -0.403. The summed E-state index contributed by atoms with van der Waals surface area (Å²) in [6.45, 7) is 31.3. The standard InChI is InChI=1S/C55H63BN2O/c1-34-30-44-47-45(31-34)58(42-26-22-37(52(5,6)7)32-40(42)35-18-16-15-17-19-35)43-27-23-38(53(8,9)10)33-41(43)56(47)50-48(46-49(59-50)55(13,14)29-28-54(46,11)12)57(44)39-24-20-36(21-25-39)51(2,3)4/h15-27,30-33H,28-29H2,1-14H3/i15D,16D,17D,18D,19D. The Kier molecular flexibility index (Phi) is 7.47. The molecule has 3 nitrogen and oxygen atoms in total. The lowest BCUT2D eigenvalue weighted by molar-refractivity contribution is 0.282. The van der Waals surface area contributed by atoms with E-state index in [1.807, 2.05) is 6.07 Å². The first-order chi connectivity index (χ1) is 29.6. The highest BCUT2D eigenvalue weighted by molar-refractivity contribution is 6.99. The lowest BCUT2D eigenvalue weighted by atomic mass is 9.35. The first-order valence-corrected chi connectivity index (χ1v) is 21.5. The minimum absolute atomic E-state index is 0.0184. The van der Waals surface area contributed by atoms with Gasteiger partial charge in [0.1, 0.15) is 5.76 Å². The van der Waals surface area contributed by atoms with Gasteiger partial charge in [-0.05, 0) is 123 Å². The lowest BCUT2D eigenvalue weighted by Gasteiger charge is -2.45. The summed E-state index contributed by atoms with van der Waals surface area (Å²) in [6, 6.07) is 25.3. The van der Waals surface area contributed by atoms with Crippen LogP contribution in [-0.2, 0) is 27.1 Å². The van der Waals surface area contributed by atoms with Crippen LogP contribution < -0.4 is 26.4 Å². The minimum Gasteiger partial charge on any atom is -0.472 e. The zero-order valence-corrected chi connectivity index (χ0v) is 37.7. The van der Waals surface area contributed by atoms with Crippen molar-refractivity contribution in [2.45, 2.75) is 137 Å². The highest BCUT2D eigenvalue weighted by Crippen LogP contribution is 2.55. The molecule has 0 atom stereocenters. The molecule has 4 heteroatoms. The lowest BCUT2D eigenvalue weighted by Crippen LogP contribution is -2.61. The molecule has 302 valence electrons. The van der Waals surface area contributed by atoms with Crippen LogP contribution in [0.15, 0.2) is 107 Å². The van der Waals surface area contributed by atoms with Gasteiger partial charge in [0, 0.05) is 39.3 Å². The molecule has 0 fully saturated rings. The van der Waals surface area contributed by atoms with Gasteiger partial charge in [-0.25, -0.2) is 0 Å². The van der Waals surface area contributed by atoms with Crippen molar-refractivity contribution in [3.05, 3.63) is 137 Å². The Morgan fingerprint density at radius 2 is 1.15 bits per heavy atom. The quantitative estimate of drug-likeness (QED) is 0.166. The molecule has 59 heavy (non-hydrogen) atoms. The molecule has 0 spiro atoms. The van der Waals surface area contributed by atoms with Crippen molar-refractivity contribution in [2.75, 3.05) is 9.80 Å². The van der Waals surface area contributed by atoms with Crippen molar-refractivity contribution in [2.24, 2.45) is 0 Å². The number of furan rings is 1. The molecule has 3 heterocycles. The van der Waals surface area contributed by atoms with Crippen LogP contribution in [0.5, 0.6) is 0 Å². The Morgan fingerprint density at radius 1 is 0.610 bits per heavy atom. The molecule has 0 amide bonds. The Balaban J connectivity index is 1.44. The molecule has 0 unspecified atom stereocenters. The van der Waals surface area contributed by atoms with Crippen molar-refractivity contribution in [3.8, 4) is 11.1 Å². The van der Waals surface area contributed by atoms with Crippen LogP contribution in [0.2, 0.25) is 0 Å². The smallest absolute Gasteiger partial charge is 0.297 e. The monoisotopic (exact) mass is 784 g/mol. The van der Waals surface area contributed by atoms with E-state index in [1.54, 1.807) is 0 Å². The summed E-state index contributed by atoms with van der Waals surface area (Å²) >= 11 is 0. The van der Waals surface area contributed by atoms with Gasteiger partial charge >= 0.3 is 0 Å². The van der Waals surface area contributed by atoms with Gasteiger partial charge in [-0.15, -0.1) is 0 Å². The van der Waals surface area contributed by atoms with Gasteiger partial charge in [-0.2, -0.15) is 0 Å². The molecule has 0 bridgehead atoms. The van der Waals surface area contributed by atoms with Gasteiger partial charge in [0.15, 0.2) is 0 Å². The van der Waals surface area contributed by atoms with E-state index in [0.717, 1.165) is 80.4 Å². The van der Waals surface area contributed by atoms with Gasteiger partial charge in [-0.3, -0.25) is 0 Å². The van der Waals surface area contributed by atoms with Crippen molar-refractivity contribution in [1.29, 1.82) is 0 Å². The van der Waals surface area contributed by atoms with E-state index < -0.39 is 6.04 Å². The summed E-state index contributed by atoms with van der Waals surface area (Å²) < 4.78 is 52.3. The third kappa shape index (κ3) is 6.31. The maximum absolute atomic E-state index is 9.31. The van der Waals surface area contributed by atoms with Crippen molar-refractivity contribution >= 4 is 57.4 Å². The molecule has 0 N–H and O–H groups in total. The van der Waals surface area contributed by atoms with E-state index in [-0.39, 0.29) is 63.5 Å². The molecule has 1 aliphatic carbocycles. The molecule has 5 aromatic carbocycles. The molecular formula is C55H63BN2O. The largest absolute Gasteiger partial charge is 0.472 e. The SMILES string of the molecule is [2H]c1c([2H])c([2H])c(-c2cc(C(C)(C)C)ccc2N2c3ccc(C(C)(C)C)cc3B3c4oc5c(c4N(c4ccc(C(C)(C)C)cc4)c4cc(C)cc2c43)C(C)(C)CCC5(C)C)c([2H])c1[2H]. The fourth-order valence-corrected chi connectivity index (χ4v) is 9.81. The van der Waals surface area contributed by atoms with Crippen LogP contribution in [0.1, 0.15) is 143 Å². The van der Waals surface area contributed by atoms with Crippen LogP contribution in [-0.4, -0.2) is 6.71 Å². The predicted octanol–water partition coefficient (Wildman–Crippen LogP) is 13.6. The number of benzene rings is 5. The summed E-state index contributed by atoms with van der Waals surface area (Å²) in [5, 5.41) is 0. The normalized spacial score (nSPS) is 17.9. The third-order valence-electron chi connectivity index (χ3n) is 13.4. The Bertz CT molecular complexity index is 2890. The molecular weight excluding hydrogens is 715 g/mol. The van der Waals surface area contributed by atoms with E-state index in [0.29, 0.717) is 5.56 Å². The van der Waals surface area contributed by atoms with Crippen LogP contribution in [0.3, 0.4) is 0 Å². The van der Waals surface area contributed by atoms with Crippen LogP contribution in [0, 0.1) is 6.92 Å². The molecule has 0 saturated carbocycles.